The lowest BCUT2D eigenvalue weighted by Crippen LogP contribution is -1.99. The predicted octanol–water partition coefficient (Wildman–Crippen LogP) is 3.21. The molecular weight excluding hydrogens is 276 g/mol. The van der Waals surface area contributed by atoms with Gasteiger partial charge < -0.3 is 5.32 Å². The van der Waals surface area contributed by atoms with E-state index in [0.717, 1.165) is 16.0 Å². The molecule has 6 nitrogen and oxygen atoms in total. The molecule has 0 aliphatic carbocycles. The van der Waals surface area contributed by atoms with E-state index in [1.807, 2.05) is 12.1 Å². The highest BCUT2D eigenvalue weighted by Crippen LogP contribution is 2.28. The Hall–Kier alpha value is -2.54. The van der Waals surface area contributed by atoms with Crippen molar-refractivity contribution in [3.05, 3.63) is 57.2 Å². The number of hydrogen-bond donors (Lipinski definition) is 1. The van der Waals surface area contributed by atoms with Gasteiger partial charge in [0.1, 0.15) is 5.52 Å². The van der Waals surface area contributed by atoms with Crippen LogP contribution in [-0.4, -0.2) is 14.9 Å². The summed E-state index contributed by atoms with van der Waals surface area (Å²) in [5.41, 5.74) is 3.01. The van der Waals surface area contributed by atoms with Crippen molar-refractivity contribution in [3.63, 3.8) is 0 Å². The fourth-order valence-corrected chi connectivity index (χ4v) is 2.51. The number of aromatic nitrogens is 2. The number of nitrogens with one attached hydrogen (secondary N) is 1. The van der Waals surface area contributed by atoms with E-state index in [4.69, 9.17) is 0 Å². The third-order valence-corrected chi connectivity index (χ3v) is 3.66. The SMILES string of the molecule is O=[N+]([O-])c1cccc2c(NCc3cncs3)ccnc12. The van der Waals surface area contributed by atoms with Crippen molar-refractivity contribution in [1.29, 1.82) is 0 Å². The molecule has 0 radical (unpaired) electrons. The van der Waals surface area contributed by atoms with Crippen LogP contribution >= 0.6 is 11.3 Å². The van der Waals surface area contributed by atoms with Gasteiger partial charge in [0.05, 0.1) is 17.0 Å². The molecule has 0 saturated heterocycles. The largest absolute Gasteiger partial charge is 0.379 e. The number of fused-ring (bicyclic) bond motifs is 1. The number of nitro groups is 1. The van der Waals surface area contributed by atoms with Crippen molar-refractivity contribution in [2.24, 2.45) is 0 Å². The first kappa shape index (κ1) is 12.5. The summed E-state index contributed by atoms with van der Waals surface area (Å²) in [6.07, 6.45) is 3.37. The van der Waals surface area contributed by atoms with Gasteiger partial charge >= 0.3 is 0 Å². The van der Waals surface area contributed by atoms with Crippen LogP contribution in [0.2, 0.25) is 0 Å². The number of pyridine rings is 1. The minimum Gasteiger partial charge on any atom is -0.379 e. The zero-order valence-electron chi connectivity index (χ0n) is 10.3. The Kier molecular flexibility index (Phi) is 3.26. The minimum atomic E-state index is -0.414. The number of nitrogens with zero attached hydrogens (tertiary/aromatic N) is 3. The smallest absolute Gasteiger partial charge is 0.295 e. The van der Waals surface area contributed by atoms with Gasteiger partial charge in [-0.15, -0.1) is 11.3 Å². The summed E-state index contributed by atoms with van der Waals surface area (Å²) in [5, 5.41) is 15.0. The van der Waals surface area contributed by atoms with Crippen molar-refractivity contribution in [3.8, 4) is 0 Å². The van der Waals surface area contributed by atoms with E-state index in [-0.39, 0.29) is 5.69 Å². The summed E-state index contributed by atoms with van der Waals surface area (Å²) >= 11 is 1.56. The van der Waals surface area contributed by atoms with E-state index in [9.17, 15) is 10.1 Å². The molecule has 20 heavy (non-hydrogen) atoms. The van der Waals surface area contributed by atoms with Crippen molar-refractivity contribution in [2.45, 2.75) is 6.54 Å². The second-order valence-electron chi connectivity index (χ2n) is 4.11. The number of nitro benzene ring substituents is 1. The highest BCUT2D eigenvalue weighted by Gasteiger charge is 2.14. The fraction of sp³-hybridized carbons (Fsp3) is 0.0769. The van der Waals surface area contributed by atoms with Crippen LogP contribution in [0.25, 0.3) is 10.9 Å². The number of thiazole rings is 1. The van der Waals surface area contributed by atoms with Gasteiger partial charge in [0.25, 0.3) is 5.69 Å². The molecule has 0 fully saturated rings. The lowest BCUT2D eigenvalue weighted by molar-refractivity contribution is -0.383. The van der Waals surface area contributed by atoms with Crippen LogP contribution in [0.5, 0.6) is 0 Å². The maximum absolute atomic E-state index is 11.0. The maximum atomic E-state index is 11.0. The topological polar surface area (TPSA) is 81.0 Å². The molecule has 3 rings (SSSR count). The number of para-hydroxylation sites is 1. The number of anilines is 1. The van der Waals surface area contributed by atoms with E-state index < -0.39 is 4.92 Å². The lowest BCUT2D eigenvalue weighted by atomic mass is 10.1. The first-order chi connectivity index (χ1) is 9.75. The predicted molar refractivity (Wildman–Crippen MR) is 77.8 cm³/mol. The first-order valence-electron chi connectivity index (χ1n) is 5.89. The van der Waals surface area contributed by atoms with Crippen molar-refractivity contribution in [2.75, 3.05) is 5.32 Å². The minimum absolute atomic E-state index is 0.0175. The molecular formula is C13H10N4O2S. The lowest BCUT2D eigenvalue weighted by Gasteiger charge is -2.08. The molecule has 0 bridgehead atoms. The Morgan fingerprint density at radius 1 is 1.35 bits per heavy atom. The first-order valence-corrected chi connectivity index (χ1v) is 6.77. The summed E-state index contributed by atoms with van der Waals surface area (Å²) in [6.45, 7) is 0.631. The molecule has 0 aliphatic rings. The normalized spacial score (nSPS) is 10.6. The van der Waals surface area contributed by atoms with Gasteiger partial charge in [-0.25, -0.2) is 4.98 Å². The monoisotopic (exact) mass is 286 g/mol. The Bertz CT molecular complexity index is 758. The maximum Gasteiger partial charge on any atom is 0.295 e. The van der Waals surface area contributed by atoms with Gasteiger partial charge in [0, 0.05) is 34.4 Å². The third kappa shape index (κ3) is 2.30. The highest BCUT2D eigenvalue weighted by atomic mass is 32.1. The zero-order valence-corrected chi connectivity index (χ0v) is 11.1. The van der Waals surface area contributed by atoms with Crippen molar-refractivity contribution in [1.82, 2.24) is 9.97 Å². The zero-order chi connectivity index (χ0) is 13.9. The molecule has 0 saturated carbocycles. The van der Waals surface area contributed by atoms with Gasteiger partial charge in [-0.2, -0.15) is 0 Å². The number of non-ortho nitro benzene ring substituents is 1. The van der Waals surface area contributed by atoms with Crippen LogP contribution in [-0.2, 0) is 6.54 Å². The quantitative estimate of drug-likeness (QED) is 0.588. The van der Waals surface area contributed by atoms with Gasteiger partial charge in [-0.1, -0.05) is 12.1 Å². The van der Waals surface area contributed by atoms with Crippen molar-refractivity contribution < 1.29 is 4.92 Å². The van der Waals surface area contributed by atoms with E-state index in [0.29, 0.717) is 12.1 Å². The molecule has 0 aliphatic heterocycles. The molecule has 1 N–H and O–H groups in total. The fourth-order valence-electron chi connectivity index (χ4n) is 1.97. The van der Waals surface area contributed by atoms with Gasteiger partial charge in [-0.05, 0) is 6.07 Å². The average molecular weight is 286 g/mol. The van der Waals surface area contributed by atoms with Crippen LogP contribution in [0.15, 0.2) is 42.2 Å². The molecule has 3 aromatic rings. The van der Waals surface area contributed by atoms with Gasteiger partial charge in [-0.3, -0.25) is 15.1 Å². The third-order valence-electron chi connectivity index (χ3n) is 2.88. The summed E-state index contributed by atoms with van der Waals surface area (Å²) in [4.78, 5) is 19.8. The van der Waals surface area contributed by atoms with Crippen LogP contribution in [0, 0.1) is 10.1 Å². The summed E-state index contributed by atoms with van der Waals surface area (Å²) < 4.78 is 0. The molecule has 0 unspecified atom stereocenters. The average Bonchev–Trinajstić information content (AvgIpc) is 2.97. The number of benzene rings is 1. The number of rotatable bonds is 4. The Balaban J connectivity index is 1.99. The molecule has 0 amide bonds. The summed E-state index contributed by atoms with van der Waals surface area (Å²) in [5.74, 6) is 0. The van der Waals surface area contributed by atoms with Crippen molar-refractivity contribution >= 4 is 33.6 Å². The van der Waals surface area contributed by atoms with E-state index in [2.05, 4.69) is 15.3 Å². The molecule has 2 heterocycles. The summed E-state index contributed by atoms with van der Waals surface area (Å²) in [7, 11) is 0. The Morgan fingerprint density at radius 2 is 2.25 bits per heavy atom. The molecule has 2 aromatic heterocycles. The van der Waals surface area contributed by atoms with Gasteiger partial charge in [0.2, 0.25) is 0 Å². The van der Waals surface area contributed by atoms with Crippen LogP contribution < -0.4 is 5.32 Å². The second-order valence-corrected chi connectivity index (χ2v) is 5.08. The van der Waals surface area contributed by atoms with Crippen LogP contribution in [0.4, 0.5) is 11.4 Å². The van der Waals surface area contributed by atoms with E-state index in [1.54, 1.807) is 35.3 Å². The molecule has 100 valence electrons. The molecule has 0 spiro atoms. The van der Waals surface area contributed by atoms with Crippen LogP contribution in [0.1, 0.15) is 4.88 Å². The standard InChI is InChI=1S/C13H10N4O2S/c18-17(19)12-3-1-2-10-11(4-5-15-13(10)12)16-7-9-6-14-8-20-9/h1-6,8H,7H2,(H,15,16). The molecule has 0 atom stereocenters. The van der Waals surface area contributed by atoms with Gasteiger partial charge in [0.15, 0.2) is 0 Å². The van der Waals surface area contributed by atoms with E-state index in [1.165, 1.54) is 6.07 Å². The second kappa shape index (κ2) is 5.22. The Labute approximate surface area is 118 Å². The van der Waals surface area contributed by atoms with E-state index >= 15 is 0 Å². The number of hydrogen-bond acceptors (Lipinski definition) is 6. The highest BCUT2D eigenvalue weighted by molar-refractivity contribution is 7.09. The molecule has 7 heteroatoms. The summed E-state index contributed by atoms with van der Waals surface area (Å²) in [6, 6.07) is 6.76. The van der Waals surface area contributed by atoms with Crippen LogP contribution in [0.3, 0.4) is 0 Å². The Morgan fingerprint density at radius 3 is 3.00 bits per heavy atom. The molecule has 1 aromatic carbocycles.